The Kier molecular flexibility index (Phi) is 3.18. The summed E-state index contributed by atoms with van der Waals surface area (Å²) < 4.78 is 4.93. The summed E-state index contributed by atoms with van der Waals surface area (Å²) in [5.74, 6) is 9.88. The van der Waals surface area contributed by atoms with E-state index < -0.39 is 12.1 Å². The summed E-state index contributed by atoms with van der Waals surface area (Å²) in [5.41, 5.74) is 9.65. The molecule has 4 amide bonds. The van der Waals surface area contributed by atoms with E-state index in [0.29, 0.717) is 10.0 Å². The number of carbonyl (C=O) groups is 2. The van der Waals surface area contributed by atoms with E-state index in [0.717, 1.165) is 6.07 Å². The zero-order chi connectivity index (χ0) is 13.2. The van der Waals surface area contributed by atoms with Crippen LogP contribution in [0.1, 0.15) is 5.56 Å². The minimum absolute atomic E-state index is 0.127. The quantitative estimate of drug-likeness (QED) is 0.281. The number of hydrazine groups is 2. The molecule has 8 N–H and O–H groups in total. The Balaban J connectivity index is 3.21. The molecular weight excluding hydrogens is 230 g/mol. The van der Waals surface area contributed by atoms with Crippen LogP contribution in [0.25, 0.3) is 0 Å². The molecule has 17 heavy (non-hydrogen) atoms. The van der Waals surface area contributed by atoms with Crippen molar-refractivity contribution < 1.29 is 14.0 Å². The third-order valence-corrected chi connectivity index (χ3v) is 1.75. The third kappa shape index (κ3) is 2.25. The zero-order valence-corrected chi connectivity index (χ0v) is 8.45. The number of amides is 4. The van der Waals surface area contributed by atoms with Gasteiger partial charge in [0.2, 0.25) is 11.8 Å². The molecular formula is C7H9N7O3. The molecule has 0 unspecified atom stereocenters. The lowest BCUT2D eigenvalue weighted by atomic mass is 10.3. The van der Waals surface area contributed by atoms with Gasteiger partial charge in [0, 0.05) is 6.07 Å². The van der Waals surface area contributed by atoms with Crippen molar-refractivity contribution in [2.24, 2.45) is 23.2 Å². The standard InChI is InChI=1S/C7H9N7O3/c8-2-3-1-4(13(11)6(9)15)17-5(3)14(12)7(10)16/h1H,11-12H2,(H2,9,15)(H2,10,16). The Morgan fingerprint density at radius 2 is 1.76 bits per heavy atom. The summed E-state index contributed by atoms with van der Waals surface area (Å²) in [5, 5.41) is 9.61. The average molecular weight is 239 g/mol. The number of nitrogens with zero attached hydrogens (tertiary/aromatic N) is 3. The van der Waals surface area contributed by atoms with Gasteiger partial charge in [0.25, 0.3) is 0 Å². The highest BCUT2D eigenvalue weighted by molar-refractivity contribution is 5.91. The van der Waals surface area contributed by atoms with E-state index in [1.165, 1.54) is 0 Å². The van der Waals surface area contributed by atoms with Crippen LogP contribution < -0.4 is 33.2 Å². The van der Waals surface area contributed by atoms with Gasteiger partial charge in [-0.15, -0.1) is 0 Å². The van der Waals surface area contributed by atoms with Crippen molar-refractivity contribution >= 4 is 23.8 Å². The van der Waals surface area contributed by atoms with Gasteiger partial charge in [-0.05, 0) is 0 Å². The number of hydrogen-bond acceptors (Lipinski definition) is 6. The molecule has 1 aromatic rings. The fourth-order valence-corrected chi connectivity index (χ4v) is 0.955. The van der Waals surface area contributed by atoms with Crippen molar-refractivity contribution in [2.75, 3.05) is 10.0 Å². The smallest absolute Gasteiger partial charge is 0.336 e. The Morgan fingerprint density at radius 3 is 2.18 bits per heavy atom. The second-order valence-corrected chi connectivity index (χ2v) is 2.83. The predicted octanol–water partition coefficient (Wildman–Crippen LogP) is -1.33. The lowest BCUT2D eigenvalue weighted by molar-refractivity contribution is 0.252. The summed E-state index contributed by atoms with van der Waals surface area (Å²) in [4.78, 5) is 21.6. The number of rotatable bonds is 2. The topological polar surface area (TPSA) is 182 Å². The number of nitriles is 1. The molecule has 0 atom stereocenters. The maximum atomic E-state index is 10.8. The van der Waals surface area contributed by atoms with Crippen molar-refractivity contribution in [3.63, 3.8) is 0 Å². The second-order valence-electron chi connectivity index (χ2n) is 2.83. The molecule has 0 aliphatic rings. The molecule has 0 bridgehead atoms. The molecule has 0 radical (unpaired) electrons. The van der Waals surface area contributed by atoms with Crippen LogP contribution >= 0.6 is 0 Å². The van der Waals surface area contributed by atoms with Crippen LogP contribution in [0.5, 0.6) is 0 Å². The molecule has 1 aromatic heterocycles. The van der Waals surface area contributed by atoms with Crippen LogP contribution in [0.2, 0.25) is 0 Å². The van der Waals surface area contributed by atoms with Gasteiger partial charge in [-0.1, -0.05) is 0 Å². The lowest BCUT2D eigenvalue weighted by Crippen LogP contribution is -2.42. The van der Waals surface area contributed by atoms with Crippen LogP contribution in [0.3, 0.4) is 0 Å². The number of primary amides is 2. The van der Waals surface area contributed by atoms with Gasteiger partial charge in [-0.3, -0.25) is 0 Å². The summed E-state index contributed by atoms with van der Waals surface area (Å²) in [7, 11) is 0. The number of anilines is 2. The fraction of sp³-hybridized carbons (Fsp3) is 0. The molecule has 0 aromatic carbocycles. The van der Waals surface area contributed by atoms with Crippen LogP contribution in [0, 0.1) is 11.3 Å². The highest BCUT2D eigenvalue weighted by Gasteiger charge is 2.22. The van der Waals surface area contributed by atoms with E-state index >= 15 is 0 Å². The van der Waals surface area contributed by atoms with Gasteiger partial charge in [-0.25, -0.2) is 21.3 Å². The second kappa shape index (κ2) is 4.39. The Labute approximate surface area is 94.9 Å². The van der Waals surface area contributed by atoms with Crippen molar-refractivity contribution in [3.8, 4) is 6.07 Å². The molecule has 0 aliphatic heterocycles. The lowest BCUT2D eigenvalue weighted by Gasteiger charge is -2.11. The van der Waals surface area contributed by atoms with Gasteiger partial charge in [-0.2, -0.15) is 15.3 Å². The number of hydrogen-bond donors (Lipinski definition) is 4. The fourth-order valence-electron chi connectivity index (χ4n) is 0.955. The molecule has 1 rings (SSSR count). The van der Waals surface area contributed by atoms with Crippen molar-refractivity contribution in [1.29, 1.82) is 5.26 Å². The van der Waals surface area contributed by atoms with Gasteiger partial charge in [0.05, 0.1) is 0 Å². The maximum Gasteiger partial charge on any atom is 0.336 e. The molecule has 0 fully saturated rings. The summed E-state index contributed by atoms with van der Waals surface area (Å²) in [6.45, 7) is 0. The zero-order valence-electron chi connectivity index (χ0n) is 8.45. The predicted molar refractivity (Wildman–Crippen MR) is 55.9 cm³/mol. The van der Waals surface area contributed by atoms with E-state index in [1.54, 1.807) is 6.07 Å². The highest BCUT2D eigenvalue weighted by atomic mass is 16.4. The normalized spacial score (nSPS) is 9.47. The molecule has 0 saturated heterocycles. The third-order valence-electron chi connectivity index (χ3n) is 1.75. The Morgan fingerprint density at radius 1 is 1.24 bits per heavy atom. The van der Waals surface area contributed by atoms with E-state index in [4.69, 9.17) is 32.8 Å². The first kappa shape index (κ1) is 12.3. The Hall–Kier alpha value is -2.77. The average Bonchev–Trinajstić information content (AvgIpc) is 2.70. The van der Waals surface area contributed by atoms with Crippen LogP contribution in [-0.2, 0) is 0 Å². The minimum atomic E-state index is -1.05. The molecule has 10 nitrogen and oxygen atoms in total. The monoisotopic (exact) mass is 239 g/mol. The van der Waals surface area contributed by atoms with Crippen LogP contribution in [0.15, 0.2) is 10.5 Å². The maximum absolute atomic E-state index is 10.8. The first-order chi connectivity index (χ1) is 7.88. The SMILES string of the molecule is N#Cc1cc(N(N)C(N)=O)oc1N(N)C(N)=O. The number of carbonyl (C=O) groups excluding carboxylic acids is 2. The van der Waals surface area contributed by atoms with E-state index in [1.807, 2.05) is 0 Å². The first-order valence-corrected chi connectivity index (χ1v) is 4.11. The molecule has 10 heteroatoms. The highest BCUT2D eigenvalue weighted by Crippen LogP contribution is 2.27. The summed E-state index contributed by atoms with van der Waals surface area (Å²) in [6.07, 6.45) is 0. The number of nitrogens with two attached hydrogens (primary N) is 4. The van der Waals surface area contributed by atoms with Crippen molar-refractivity contribution in [3.05, 3.63) is 11.6 Å². The van der Waals surface area contributed by atoms with Gasteiger partial charge in [0.1, 0.15) is 11.6 Å². The molecule has 90 valence electrons. The summed E-state index contributed by atoms with van der Waals surface area (Å²) in [6, 6.07) is 0.707. The molecule has 0 saturated carbocycles. The molecule has 1 heterocycles. The number of urea groups is 2. The van der Waals surface area contributed by atoms with Crippen LogP contribution in [-0.4, -0.2) is 12.1 Å². The minimum Gasteiger partial charge on any atom is -0.420 e. The van der Waals surface area contributed by atoms with Gasteiger partial charge >= 0.3 is 12.1 Å². The number of furan rings is 1. The molecule has 0 aliphatic carbocycles. The van der Waals surface area contributed by atoms with Crippen molar-refractivity contribution in [1.82, 2.24) is 0 Å². The van der Waals surface area contributed by atoms with Crippen molar-refractivity contribution in [2.45, 2.75) is 0 Å². The largest absolute Gasteiger partial charge is 0.420 e. The van der Waals surface area contributed by atoms with Gasteiger partial charge < -0.3 is 15.9 Å². The van der Waals surface area contributed by atoms with E-state index in [-0.39, 0.29) is 17.3 Å². The summed E-state index contributed by atoms with van der Waals surface area (Å²) >= 11 is 0. The molecule has 0 spiro atoms. The van der Waals surface area contributed by atoms with Gasteiger partial charge in [0.15, 0.2) is 0 Å². The van der Waals surface area contributed by atoms with E-state index in [9.17, 15) is 9.59 Å². The Bertz CT molecular complexity index is 502. The van der Waals surface area contributed by atoms with Crippen LogP contribution in [0.4, 0.5) is 21.4 Å². The van der Waals surface area contributed by atoms with E-state index in [2.05, 4.69) is 0 Å². The first-order valence-electron chi connectivity index (χ1n) is 4.11.